The molecule has 0 aromatic heterocycles. The average Bonchev–Trinajstić information content (AvgIpc) is 2.34. The zero-order valence-corrected chi connectivity index (χ0v) is 9.22. The first-order valence-electron chi connectivity index (χ1n) is 5.03. The van der Waals surface area contributed by atoms with Crippen molar-refractivity contribution in [2.24, 2.45) is 0 Å². The van der Waals surface area contributed by atoms with Gasteiger partial charge >= 0.3 is 6.09 Å². The molecule has 0 unspecified atom stereocenters. The van der Waals surface area contributed by atoms with Crippen LogP contribution in [-0.2, 0) is 11.3 Å². The van der Waals surface area contributed by atoms with Gasteiger partial charge in [0.15, 0.2) is 0 Å². The Balaban J connectivity index is 2.33. The van der Waals surface area contributed by atoms with Gasteiger partial charge in [0.1, 0.15) is 6.61 Å². The quantitative estimate of drug-likeness (QED) is 0.778. The van der Waals surface area contributed by atoms with E-state index >= 15 is 0 Å². The second-order valence-electron chi connectivity index (χ2n) is 3.37. The highest BCUT2D eigenvalue weighted by Crippen LogP contribution is 2.02. The normalized spacial score (nSPS) is 9.25. The number of rotatable bonds is 4. The molecule has 4 nitrogen and oxygen atoms in total. The van der Waals surface area contributed by atoms with Crippen LogP contribution in [0.1, 0.15) is 12.0 Å². The number of carbonyl (C=O) groups excluding carboxylic acids is 1. The average molecular weight is 218 g/mol. The molecule has 0 heterocycles. The fourth-order valence-electron chi connectivity index (χ4n) is 1.14. The Kier molecular flexibility index (Phi) is 4.87. The lowest BCUT2D eigenvalue weighted by Gasteiger charge is -2.15. The summed E-state index contributed by atoms with van der Waals surface area (Å²) in [7, 11) is 1.62. The van der Waals surface area contributed by atoms with Gasteiger partial charge in [-0.05, 0) is 5.56 Å². The number of carbonyl (C=O) groups is 1. The van der Waals surface area contributed by atoms with Gasteiger partial charge in [-0.15, -0.1) is 0 Å². The molecule has 1 aromatic rings. The smallest absolute Gasteiger partial charge is 0.409 e. The van der Waals surface area contributed by atoms with Crippen molar-refractivity contribution in [3.8, 4) is 6.07 Å². The van der Waals surface area contributed by atoms with E-state index in [1.54, 1.807) is 7.05 Å². The molecule has 0 atom stereocenters. The summed E-state index contributed by atoms with van der Waals surface area (Å²) in [5.74, 6) is 0. The summed E-state index contributed by atoms with van der Waals surface area (Å²) in [6.07, 6.45) is -0.0872. The van der Waals surface area contributed by atoms with Crippen molar-refractivity contribution in [3.63, 3.8) is 0 Å². The third kappa shape index (κ3) is 4.01. The summed E-state index contributed by atoms with van der Waals surface area (Å²) in [4.78, 5) is 12.8. The third-order valence-corrected chi connectivity index (χ3v) is 2.08. The summed E-state index contributed by atoms with van der Waals surface area (Å²) in [6.45, 7) is 0.653. The Morgan fingerprint density at radius 2 is 2.12 bits per heavy atom. The van der Waals surface area contributed by atoms with E-state index in [9.17, 15) is 4.79 Å². The maximum Gasteiger partial charge on any atom is 0.409 e. The van der Waals surface area contributed by atoms with E-state index in [0.717, 1.165) is 5.56 Å². The highest BCUT2D eigenvalue weighted by molar-refractivity contribution is 5.67. The molecule has 1 amide bonds. The van der Waals surface area contributed by atoms with Crippen LogP contribution in [-0.4, -0.2) is 24.6 Å². The van der Waals surface area contributed by atoms with Crippen molar-refractivity contribution < 1.29 is 9.53 Å². The largest absolute Gasteiger partial charge is 0.445 e. The van der Waals surface area contributed by atoms with Crippen molar-refractivity contribution in [1.29, 1.82) is 5.26 Å². The Morgan fingerprint density at radius 1 is 1.44 bits per heavy atom. The molecule has 0 radical (unpaired) electrons. The summed E-state index contributed by atoms with van der Waals surface area (Å²) < 4.78 is 5.06. The SMILES string of the molecule is CN(CCC#N)C(=O)OCc1ccccc1. The van der Waals surface area contributed by atoms with Crippen molar-refractivity contribution in [1.82, 2.24) is 4.90 Å². The van der Waals surface area contributed by atoms with Crippen LogP contribution in [0, 0.1) is 11.3 Å². The Bertz CT molecular complexity index is 370. The molecule has 0 aliphatic carbocycles. The molecule has 0 fully saturated rings. The highest BCUT2D eigenvalue weighted by atomic mass is 16.6. The van der Waals surface area contributed by atoms with E-state index in [0.29, 0.717) is 13.0 Å². The molecule has 0 aliphatic heterocycles. The second kappa shape index (κ2) is 6.46. The van der Waals surface area contributed by atoms with Gasteiger partial charge < -0.3 is 9.64 Å². The molecule has 0 aliphatic rings. The van der Waals surface area contributed by atoms with Crippen molar-refractivity contribution >= 4 is 6.09 Å². The van der Waals surface area contributed by atoms with E-state index in [-0.39, 0.29) is 6.61 Å². The fourth-order valence-corrected chi connectivity index (χ4v) is 1.14. The van der Waals surface area contributed by atoms with Crippen LogP contribution < -0.4 is 0 Å². The van der Waals surface area contributed by atoms with Crippen molar-refractivity contribution in [2.45, 2.75) is 13.0 Å². The van der Waals surface area contributed by atoms with Crippen LogP contribution in [0.4, 0.5) is 4.79 Å². The number of benzene rings is 1. The number of hydrogen-bond donors (Lipinski definition) is 0. The number of nitriles is 1. The Labute approximate surface area is 95.0 Å². The van der Waals surface area contributed by atoms with Gasteiger partial charge in [0, 0.05) is 13.6 Å². The van der Waals surface area contributed by atoms with Crippen molar-refractivity contribution in [3.05, 3.63) is 35.9 Å². The van der Waals surface area contributed by atoms with Crippen LogP contribution >= 0.6 is 0 Å². The predicted octanol–water partition coefficient (Wildman–Crippen LogP) is 2.17. The summed E-state index contributed by atoms with van der Waals surface area (Å²) in [5, 5.41) is 8.38. The number of amides is 1. The minimum atomic E-state index is -0.404. The number of ether oxygens (including phenoxy) is 1. The first-order chi connectivity index (χ1) is 7.74. The lowest BCUT2D eigenvalue weighted by Crippen LogP contribution is -2.28. The molecule has 1 aromatic carbocycles. The summed E-state index contributed by atoms with van der Waals surface area (Å²) >= 11 is 0. The fraction of sp³-hybridized carbons (Fsp3) is 0.333. The van der Waals surface area contributed by atoms with Crippen LogP contribution in [0.2, 0.25) is 0 Å². The van der Waals surface area contributed by atoms with E-state index in [4.69, 9.17) is 10.00 Å². The molecule has 0 saturated carbocycles. The van der Waals surface area contributed by atoms with Gasteiger partial charge in [-0.1, -0.05) is 30.3 Å². The number of hydrogen-bond acceptors (Lipinski definition) is 3. The molecule has 0 saturated heterocycles. The molecule has 0 spiro atoms. The van der Waals surface area contributed by atoms with E-state index in [2.05, 4.69) is 0 Å². The van der Waals surface area contributed by atoms with Crippen LogP contribution in [0.25, 0.3) is 0 Å². The molecule has 0 bridgehead atoms. The first-order valence-corrected chi connectivity index (χ1v) is 5.03. The van der Waals surface area contributed by atoms with Gasteiger partial charge in [0.2, 0.25) is 0 Å². The van der Waals surface area contributed by atoms with Gasteiger partial charge in [-0.3, -0.25) is 0 Å². The van der Waals surface area contributed by atoms with Crippen LogP contribution in [0.3, 0.4) is 0 Å². The molecule has 0 N–H and O–H groups in total. The monoisotopic (exact) mass is 218 g/mol. The standard InChI is InChI=1S/C12H14N2O2/c1-14(9-5-8-13)12(15)16-10-11-6-3-2-4-7-11/h2-4,6-7H,5,9-10H2,1H3. The second-order valence-corrected chi connectivity index (χ2v) is 3.37. The molecule has 4 heteroatoms. The molecule has 1 rings (SSSR count). The van der Waals surface area contributed by atoms with Gasteiger partial charge in [0.05, 0.1) is 12.5 Å². The van der Waals surface area contributed by atoms with E-state index in [1.165, 1.54) is 4.90 Å². The summed E-state index contributed by atoms with van der Waals surface area (Å²) in [5.41, 5.74) is 0.949. The number of nitrogens with zero attached hydrogens (tertiary/aromatic N) is 2. The zero-order valence-electron chi connectivity index (χ0n) is 9.22. The highest BCUT2D eigenvalue weighted by Gasteiger charge is 2.08. The minimum absolute atomic E-state index is 0.260. The Hall–Kier alpha value is -2.02. The first kappa shape index (κ1) is 12.1. The van der Waals surface area contributed by atoms with Gasteiger partial charge in [-0.25, -0.2) is 4.79 Å². The molecule has 84 valence electrons. The zero-order chi connectivity index (χ0) is 11.8. The lowest BCUT2D eigenvalue weighted by atomic mass is 10.2. The maximum atomic E-state index is 11.4. The molecular formula is C12H14N2O2. The van der Waals surface area contributed by atoms with Crippen molar-refractivity contribution in [2.75, 3.05) is 13.6 Å². The summed E-state index contributed by atoms with van der Waals surface area (Å²) in [6, 6.07) is 11.5. The van der Waals surface area contributed by atoms with Gasteiger partial charge in [-0.2, -0.15) is 5.26 Å². The topological polar surface area (TPSA) is 53.3 Å². The van der Waals surface area contributed by atoms with E-state index in [1.807, 2.05) is 36.4 Å². The molecule has 16 heavy (non-hydrogen) atoms. The Morgan fingerprint density at radius 3 is 2.75 bits per heavy atom. The minimum Gasteiger partial charge on any atom is -0.445 e. The van der Waals surface area contributed by atoms with Crippen LogP contribution in [0.15, 0.2) is 30.3 Å². The van der Waals surface area contributed by atoms with Gasteiger partial charge in [0.25, 0.3) is 0 Å². The predicted molar refractivity (Wildman–Crippen MR) is 59.5 cm³/mol. The molecular weight excluding hydrogens is 204 g/mol. The van der Waals surface area contributed by atoms with Crippen LogP contribution in [0.5, 0.6) is 0 Å². The maximum absolute atomic E-state index is 11.4. The lowest BCUT2D eigenvalue weighted by molar-refractivity contribution is 0.105. The van der Waals surface area contributed by atoms with E-state index < -0.39 is 6.09 Å². The third-order valence-electron chi connectivity index (χ3n) is 2.08.